The standard InChI is InChI=1S/C23H25N3O4S/c1-5-26(6-2)23(28)15-7-10-17(11-8-15)24-21(27)18-14-31-22(25-18)16-9-12-19(29-3)20(13-16)30-4/h7-14H,5-6H2,1-4H3,(H,24,27). The first-order valence-electron chi connectivity index (χ1n) is 9.89. The van der Waals surface area contributed by atoms with Gasteiger partial charge in [0.05, 0.1) is 14.2 Å². The maximum atomic E-state index is 12.6. The number of rotatable bonds is 8. The molecule has 0 aliphatic heterocycles. The lowest BCUT2D eigenvalue weighted by atomic mass is 10.1. The fourth-order valence-corrected chi connectivity index (χ4v) is 3.86. The minimum absolute atomic E-state index is 0.0260. The summed E-state index contributed by atoms with van der Waals surface area (Å²) in [6, 6.07) is 12.4. The number of aromatic nitrogens is 1. The van der Waals surface area contributed by atoms with Crippen LogP contribution in [0.4, 0.5) is 5.69 Å². The molecule has 3 rings (SSSR count). The Morgan fingerprint density at radius 3 is 2.29 bits per heavy atom. The normalized spacial score (nSPS) is 10.5. The molecule has 0 atom stereocenters. The zero-order valence-electron chi connectivity index (χ0n) is 18.0. The smallest absolute Gasteiger partial charge is 0.275 e. The van der Waals surface area contributed by atoms with E-state index in [4.69, 9.17) is 9.47 Å². The molecule has 0 fully saturated rings. The number of ether oxygens (including phenoxy) is 2. The van der Waals surface area contributed by atoms with Gasteiger partial charge in [-0.25, -0.2) is 4.98 Å². The summed E-state index contributed by atoms with van der Waals surface area (Å²) in [5.41, 5.74) is 2.34. The van der Waals surface area contributed by atoms with Crippen molar-refractivity contribution in [3.8, 4) is 22.1 Å². The first-order valence-corrected chi connectivity index (χ1v) is 10.8. The first kappa shape index (κ1) is 22.3. The Kier molecular flexibility index (Phi) is 7.25. The van der Waals surface area contributed by atoms with Gasteiger partial charge in [-0.05, 0) is 56.3 Å². The van der Waals surface area contributed by atoms with E-state index in [2.05, 4.69) is 10.3 Å². The summed E-state index contributed by atoms with van der Waals surface area (Å²) in [6.45, 7) is 5.19. The second-order valence-electron chi connectivity index (χ2n) is 6.62. The number of thiazole rings is 1. The number of anilines is 1. The Morgan fingerprint density at radius 1 is 1.00 bits per heavy atom. The Morgan fingerprint density at radius 2 is 1.68 bits per heavy atom. The summed E-state index contributed by atoms with van der Waals surface area (Å²) in [6.07, 6.45) is 0. The molecule has 2 amide bonds. The Bertz CT molecular complexity index is 1060. The molecule has 0 radical (unpaired) electrons. The molecule has 3 aromatic rings. The average Bonchev–Trinajstić information content (AvgIpc) is 3.30. The van der Waals surface area contributed by atoms with Gasteiger partial charge in [0, 0.05) is 35.3 Å². The molecule has 1 aromatic heterocycles. The highest BCUT2D eigenvalue weighted by Crippen LogP contribution is 2.33. The van der Waals surface area contributed by atoms with E-state index in [1.54, 1.807) is 54.8 Å². The van der Waals surface area contributed by atoms with Crippen molar-refractivity contribution in [3.05, 3.63) is 59.1 Å². The van der Waals surface area contributed by atoms with Crippen molar-refractivity contribution in [3.63, 3.8) is 0 Å². The lowest BCUT2D eigenvalue weighted by Crippen LogP contribution is -2.30. The molecule has 162 valence electrons. The molecule has 0 bridgehead atoms. The Labute approximate surface area is 185 Å². The summed E-state index contributed by atoms with van der Waals surface area (Å²) in [5.74, 6) is 0.886. The van der Waals surface area contributed by atoms with Gasteiger partial charge in [-0.3, -0.25) is 9.59 Å². The van der Waals surface area contributed by atoms with Gasteiger partial charge in [-0.1, -0.05) is 0 Å². The summed E-state index contributed by atoms with van der Waals surface area (Å²) in [4.78, 5) is 31.2. The van der Waals surface area contributed by atoms with Crippen molar-refractivity contribution in [2.24, 2.45) is 0 Å². The third kappa shape index (κ3) is 5.03. The molecule has 7 nitrogen and oxygen atoms in total. The summed E-state index contributed by atoms with van der Waals surface area (Å²) in [5, 5.41) is 5.23. The van der Waals surface area contributed by atoms with Crippen molar-refractivity contribution >= 4 is 28.8 Å². The summed E-state index contributed by atoms with van der Waals surface area (Å²) in [7, 11) is 3.15. The number of methoxy groups -OCH3 is 2. The van der Waals surface area contributed by atoms with E-state index in [-0.39, 0.29) is 11.8 Å². The molecule has 2 aromatic carbocycles. The molecule has 0 spiro atoms. The van der Waals surface area contributed by atoms with E-state index in [0.717, 1.165) is 5.56 Å². The number of hydrogen-bond acceptors (Lipinski definition) is 6. The lowest BCUT2D eigenvalue weighted by Gasteiger charge is -2.18. The van der Waals surface area contributed by atoms with Crippen molar-refractivity contribution in [1.29, 1.82) is 0 Å². The zero-order chi connectivity index (χ0) is 22.4. The van der Waals surface area contributed by atoms with Crippen LogP contribution >= 0.6 is 11.3 Å². The van der Waals surface area contributed by atoms with Crippen LogP contribution in [0.15, 0.2) is 47.8 Å². The van der Waals surface area contributed by atoms with E-state index >= 15 is 0 Å². The molecule has 0 unspecified atom stereocenters. The van der Waals surface area contributed by atoms with Crippen LogP contribution in [0.3, 0.4) is 0 Å². The molecule has 0 aliphatic carbocycles. The molecule has 0 saturated heterocycles. The van der Waals surface area contributed by atoms with Crippen LogP contribution in [0.2, 0.25) is 0 Å². The van der Waals surface area contributed by atoms with E-state index in [1.165, 1.54) is 11.3 Å². The van der Waals surface area contributed by atoms with Crippen molar-refractivity contribution < 1.29 is 19.1 Å². The monoisotopic (exact) mass is 439 g/mol. The highest BCUT2D eigenvalue weighted by Gasteiger charge is 2.15. The van der Waals surface area contributed by atoms with Gasteiger partial charge in [-0.2, -0.15) is 0 Å². The highest BCUT2D eigenvalue weighted by atomic mass is 32.1. The van der Waals surface area contributed by atoms with Gasteiger partial charge in [0.2, 0.25) is 0 Å². The maximum Gasteiger partial charge on any atom is 0.275 e. The predicted octanol–water partition coefficient (Wildman–Crippen LogP) is 4.56. The predicted molar refractivity (Wildman–Crippen MR) is 122 cm³/mol. The molecule has 0 aliphatic rings. The second-order valence-corrected chi connectivity index (χ2v) is 7.47. The van der Waals surface area contributed by atoms with Crippen LogP contribution in [0.25, 0.3) is 10.6 Å². The number of carbonyl (C=O) groups is 2. The highest BCUT2D eigenvalue weighted by molar-refractivity contribution is 7.13. The fraction of sp³-hybridized carbons (Fsp3) is 0.261. The van der Waals surface area contributed by atoms with Crippen LogP contribution in [-0.2, 0) is 0 Å². The molecule has 8 heteroatoms. The maximum absolute atomic E-state index is 12.6. The number of amides is 2. The van der Waals surface area contributed by atoms with E-state index < -0.39 is 0 Å². The summed E-state index contributed by atoms with van der Waals surface area (Å²) < 4.78 is 10.6. The lowest BCUT2D eigenvalue weighted by molar-refractivity contribution is 0.0773. The van der Waals surface area contributed by atoms with Gasteiger partial charge in [-0.15, -0.1) is 11.3 Å². The van der Waals surface area contributed by atoms with Crippen LogP contribution in [0.5, 0.6) is 11.5 Å². The van der Waals surface area contributed by atoms with Crippen LogP contribution in [0.1, 0.15) is 34.7 Å². The van der Waals surface area contributed by atoms with Gasteiger partial charge < -0.3 is 19.7 Å². The number of nitrogens with one attached hydrogen (secondary N) is 1. The number of benzene rings is 2. The van der Waals surface area contributed by atoms with Crippen LogP contribution < -0.4 is 14.8 Å². The third-order valence-corrected chi connectivity index (χ3v) is 5.70. The first-order chi connectivity index (χ1) is 15.0. The zero-order valence-corrected chi connectivity index (χ0v) is 18.8. The van der Waals surface area contributed by atoms with Gasteiger partial charge >= 0.3 is 0 Å². The summed E-state index contributed by atoms with van der Waals surface area (Å²) >= 11 is 1.37. The SMILES string of the molecule is CCN(CC)C(=O)c1ccc(NC(=O)c2csc(-c3ccc(OC)c(OC)c3)n2)cc1. The van der Waals surface area contributed by atoms with Gasteiger partial charge in [0.1, 0.15) is 10.7 Å². The van der Waals surface area contributed by atoms with E-state index in [9.17, 15) is 9.59 Å². The third-order valence-electron chi connectivity index (χ3n) is 4.81. The van der Waals surface area contributed by atoms with E-state index in [1.807, 2.05) is 26.0 Å². The molecular formula is C23H25N3O4S. The molecule has 31 heavy (non-hydrogen) atoms. The second kappa shape index (κ2) is 10.1. The molecule has 1 N–H and O–H groups in total. The minimum Gasteiger partial charge on any atom is -0.493 e. The quantitative estimate of drug-likeness (QED) is 0.556. The van der Waals surface area contributed by atoms with Gasteiger partial charge in [0.15, 0.2) is 11.5 Å². The van der Waals surface area contributed by atoms with Crippen molar-refractivity contribution in [2.75, 3.05) is 32.6 Å². The molecule has 1 heterocycles. The average molecular weight is 440 g/mol. The van der Waals surface area contributed by atoms with Crippen LogP contribution in [-0.4, -0.2) is 49.0 Å². The molecular weight excluding hydrogens is 414 g/mol. The minimum atomic E-state index is -0.314. The van der Waals surface area contributed by atoms with Crippen molar-refractivity contribution in [1.82, 2.24) is 9.88 Å². The Balaban J connectivity index is 1.71. The largest absolute Gasteiger partial charge is 0.493 e. The number of nitrogens with zero attached hydrogens (tertiary/aromatic N) is 2. The van der Waals surface area contributed by atoms with E-state index in [0.29, 0.717) is 46.5 Å². The fourth-order valence-electron chi connectivity index (χ4n) is 3.06. The molecule has 0 saturated carbocycles. The Hall–Kier alpha value is -3.39. The topological polar surface area (TPSA) is 80.8 Å². The van der Waals surface area contributed by atoms with Crippen LogP contribution in [0, 0.1) is 0 Å². The van der Waals surface area contributed by atoms with Gasteiger partial charge in [0.25, 0.3) is 11.8 Å². The number of hydrogen-bond donors (Lipinski definition) is 1. The van der Waals surface area contributed by atoms with Crippen molar-refractivity contribution in [2.45, 2.75) is 13.8 Å². The number of carbonyl (C=O) groups excluding carboxylic acids is 2.